The van der Waals surface area contributed by atoms with Crippen LogP contribution in [0.25, 0.3) is 10.8 Å². The average Bonchev–Trinajstić information content (AvgIpc) is 2.73. The lowest BCUT2D eigenvalue weighted by atomic mass is 10.1. The highest BCUT2D eigenvalue weighted by molar-refractivity contribution is 6.30. The summed E-state index contributed by atoms with van der Waals surface area (Å²) in [5, 5.41) is 5.73. The zero-order valence-corrected chi connectivity index (χ0v) is 17.4. The Balaban J connectivity index is 1.65. The number of nitrogens with one attached hydrogen (secondary N) is 1. The molecule has 4 nitrogen and oxygen atoms in total. The van der Waals surface area contributed by atoms with Gasteiger partial charge in [-0.25, -0.2) is 0 Å². The van der Waals surface area contributed by atoms with Crippen molar-refractivity contribution in [1.29, 1.82) is 0 Å². The molecular weight excluding hydrogens is 384 g/mol. The molecule has 5 heteroatoms. The minimum absolute atomic E-state index is 0.0339. The summed E-state index contributed by atoms with van der Waals surface area (Å²) in [6, 6.07) is 20.7. The molecule has 2 amide bonds. The SMILES string of the molecule is CCC(C)N(CCC(=O)Nc1ccc2ccccc2c1)C(=O)c1ccc(Cl)cc1. The molecule has 1 unspecified atom stereocenters. The maximum Gasteiger partial charge on any atom is 0.254 e. The van der Waals surface area contributed by atoms with Crippen molar-refractivity contribution in [1.82, 2.24) is 4.90 Å². The predicted octanol–water partition coefficient (Wildman–Crippen LogP) is 5.76. The van der Waals surface area contributed by atoms with Gasteiger partial charge in [-0.1, -0.05) is 48.9 Å². The minimum atomic E-state index is -0.113. The van der Waals surface area contributed by atoms with Gasteiger partial charge in [0.05, 0.1) is 0 Å². The molecule has 0 aromatic heterocycles. The van der Waals surface area contributed by atoms with Gasteiger partial charge in [-0.2, -0.15) is 0 Å². The molecule has 0 radical (unpaired) electrons. The van der Waals surface area contributed by atoms with Gasteiger partial charge in [-0.3, -0.25) is 9.59 Å². The lowest BCUT2D eigenvalue weighted by molar-refractivity contribution is -0.116. The van der Waals surface area contributed by atoms with Crippen LogP contribution in [-0.2, 0) is 4.79 Å². The lowest BCUT2D eigenvalue weighted by Crippen LogP contribution is -2.40. The van der Waals surface area contributed by atoms with E-state index in [4.69, 9.17) is 11.6 Å². The van der Waals surface area contributed by atoms with E-state index in [0.717, 1.165) is 22.9 Å². The van der Waals surface area contributed by atoms with Crippen molar-refractivity contribution in [3.63, 3.8) is 0 Å². The van der Waals surface area contributed by atoms with Crippen LogP contribution in [0.2, 0.25) is 5.02 Å². The number of benzene rings is 3. The van der Waals surface area contributed by atoms with Gasteiger partial charge in [0, 0.05) is 35.3 Å². The number of halogens is 1. The van der Waals surface area contributed by atoms with Crippen LogP contribution in [0.15, 0.2) is 66.7 Å². The van der Waals surface area contributed by atoms with Crippen LogP contribution < -0.4 is 5.32 Å². The Hall–Kier alpha value is -2.85. The number of rotatable bonds is 7. The summed E-state index contributed by atoms with van der Waals surface area (Å²) in [6.07, 6.45) is 1.04. The second kappa shape index (κ2) is 9.57. The van der Waals surface area contributed by atoms with Crippen LogP contribution in [0, 0.1) is 0 Å². The highest BCUT2D eigenvalue weighted by Gasteiger charge is 2.21. The van der Waals surface area contributed by atoms with Crippen molar-refractivity contribution in [2.24, 2.45) is 0 Å². The van der Waals surface area contributed by atoms with Crippen LogP contribution in [0.5, 0.6) is 0 Å². The first-order chi connectivity index (χ1) is 14.0. The Labute approximate surface area is 176 Å². The number of hydrogen-bond donors (Lipinski definition) is 1. The summed E-state index contributed by atoms with van der Waals surface area (Å²) in [5.41, 5.74) is 1.33. The van der Waals surface area contributed by atoms with E-state index >= 15 is 0 Å². The van der Waals surface area contributed by atoms with Gasteiger partial charge in [0.2, 0.25) is 5.91 Å². The highest BCUT2D eigenvalue weighted by Crippen LogP contribution is 2.19. The van der Waals surface area contributed by atoms with E-state index in [2.05, 4.69) is 5.32 Å². The first-order valence-electron chi connectivity index (χ1n) is 9.83. The molecule has 0 spiro atoms. The second-order valence-electron chi connectivity index (χ2n) is 7.12. The van der Waals surface area contributed by atoms with E-state index in [1.54, 1.807) is 29.2 Å². The Morgan fingerprint density at radius 1 is 1.00 bits per heavy atom. The largest absolute Gasteiger partial charge is 0.335 e. The molecule has 0 saturated carbocycles. The monoisotopic (exact) mass is 408 g/mol. The summed E-state index contributed by atoms with van der Waals surface area (Å²) in [7, 11) is 0. The molecule has 3 aromatic rings. The van der Waals surface area contributed by atoms with Crippen LogP contribution >= 0.6 is 11.6 Å². The Morgan fingerprint density at radius 2 is 1.69 bits per heavy atom. The quantitative estimate of drug-likeness (QED) is 0.540. The Bertz CT molecular complexity index is 1000. The van der Waals surface area contributed by atoms with Crippen LogP contribution in [0.4, 0.5) is 5.69 Å². The van der Waals surface area contributed by atoms with Crippen molar-refractivity contribution in [3.05, 3.63) is 77.3 Å². The number of amides is 2. The Kier molecular flexibility index (Phi) is 6.89. The van der Waals surface area contributed by atoms with E-state index in [-0.39, 0.29) is 24.3 Å². The van der Waals surface area contributed by atoms with Gasteiger partial charge in [0.25, 0.3) is 5.91 Å². The molecule has 0 heterocycles. The summed E-state index contributed by atoms with van der Waals surface area (Å²) in [4.78, 5) is 27.2. The molecule has 3 rings (SSSR count). The summed E-state index contributed by atoms with van der Waals surface area (Å²) in [6.45, 7) is 4.38. The number of carbonyl (C=O) groups is 2. The number of hydrogen-bond acceptors (Lipinski definition) is 2. The molecule has 0 aliphatic carbocycles. The van der Waals surface area contributed by atoms with E-state index in [0.29, 0.717) is 17.1 Å². The first kappa shape index (κ1) is 20.9. The molecule has 0 fully saturated rings. The molecular formula is C24H25ClN2O2. The smallest absolute Gasteiger partial charge is 0.254 e. The van der Waals surface area contributed by atoms with Crippen LogP contribution in [0.3, 0.4) is 0 Å². The average molecular weight is 409 g/mol. The molecule has 0 aliphatic rings. The summed E-state index contributed by atoms with van der Waals surface area (Å²) < 4.78 is 0. The fourth-order valence-corrected chi connectivity index (χ4v) is 3.34. The van der Waals surface area contributed by atoms with Gasteiger partial charge in [0.1, 0.15) is 0 Å². The molecule has 1 N–H and O–H groups in total. The number of carbonyl (C=O) groups excluding carboxylic acids is 2. The van der Waals surface area contributed by atoms with Crippen molar-refractivity contribution >= 4 is 39.9 Å². The predicted molar refractivity (Wildman–Crippen MR) is 119 cm³/mol. The zero-order chi connectivity index (χ0) is 20.8. The topological polar surface area (TPSA) is 49.4 Å². The van der Waals surface area contributed by atoms with Gasteiger partial charge < -0.3 is 10.2 Å². The standard InChI is InChI=1S/C24H25ClN2O2/c1-3-17(2)27(24(29)19-8-11-21(25)12-9-19)15-14-23(28)26-22-13-10-18-6-4-5-7-20(18)16-22/h4-13,16-17H,3,14-15H2,1-2H3,(H,26,28). The van der Waals surface area contributed by atoms with Gasteiger partial charge in [0.15, 0.2) is 0 Å². The third kappa shape index (κ3) is 5.36. The normalized spacial score (nSPS) is 11.8. The van der Waals surface area contributed by atoms with E-state index in [1.807, 2.05) is 56.3 Å². The maximum absolute atomic E-state index is 12.9. The number of anilines is 1. The van der Waals surface area contributed by atoms with Crippen LogP contribution in [-0.4, -0.2) is 29.3 Å². The van der Waals surface area contributed by atoms with E-state index in [9.17, 15) is 9.59 Å². The maximum atomic E-state index is 12.9. The fraction of sp³-hybridized carbons (Fsp3) is 0.250. The van der Waals surface area contributed by atoms with Gasteiger partial charge in [-0.05, 0) is 60.5 Å². The first-order valence-corrected chi connectivity index (χ1v) is 10.2. The van der Waals surface area contributed by atoms with Crippen molar-refractivity contribution in [3.8, 4) is 0 Å². The second-order valence-corrected chi connectivity index (χ2v) is 7.56. The Morgan fingerprint density at radius 3 is 2.38 bits per heavy atom. The molecule has 29 heavy (non-hydrogen) atoms. The minimum Gasteiger partial charge on any atom is -0.335 e. The summed E-state index contributed by atoms with van der Waals surface area (Å²) >= 11 is 5.92. The third-order valence-electron chi connectivity index (χ3n) is 5.09. The van der Waals surface area contributed by atoms with Crippen molar-refractivity contribution in [2.45, 2.75) is 32.7 Å². The lowest BCUT2D eigenvalue weighted by Gasteiger charge is -2.28. The fourth-order valence-electron chi connectivity index (χ4n) is 3.21. The molecule has 0 aliphatic heterocycles. The van der Waals surface area contributed by atoms with E-state index in [1.165, 1.54) is 0 Å². The molecule has 0 bridgehead atoms. The summed E-state index contributed by atoms with van der Waals surface area (Å²) in [5.74, 6) is -0.202. The molecule has 150 valence electrons. The van der Waals surface area contributed by atoms with Crippen molar-refractivity contribution in [2.75, 3.05) is 11.9 Å². The van der Waals surface area contributed by atoms with Gasteiger partial charge in [-0.15, -0.1) is 0 Å². The number of nitrogens with zero attached hydrogens (tertiary/aromatic N) is 1. The van der Waals surface area contributed by atoms with E-state index < -0.39 is 0 Å². The third-order valence-corrected chi connectivity index (χ3v) is 5.34. The number of fused-ring (bicyclic) bond motifs is 1. The van der Waals surface area contributed by atoms with Gasteiger partial charge >= 0.3 is 0 Å². The molecule has 3 aromatic carbocycles. The van der Waals surface area contributed by atoms with Crippen molar-refractivity contribution < 1.29 is 9.59 Å². The molecule has 0 saturated heterocycles. The molecule has 1 atom stereocenters. The van der Waals surface area contributed by atoms with Crippen LogP contribution in [0.1, 0.15) is 37.0 Å². The zero-order valence-electron chi connectivity index (χ0n) is 16.7. The highest BCUT2D eigenvalue weighted by atomic mass is 35.5.